The number of nitrogens with zero attached hydrogens (tertiary/aromatic N) is 2. The van der Waals surface area contributed by atoms with Crippen LogP contribution in [0, 0.1) is 16.0 Å². The Bertz CT molecular complexity index is 939. The first-order valence-corrected chi connectivity index (χ1v) is 9.84. The lowest BCUT2D eigenvalue weighted by atomic mass is 9.92. The average molecular weight is 414 g/mol. The molecule has 0 radical (unpaired) electrons. The van der Waals surface area contributed by atoms with E-state index in [1.54, 1.807) is 17.1 Å². The van der Waals surface area contributed by atoms with Gasteiger partial charge in [0.1, 0.15) is 5.75 Å². The van der Waals surface area contributed by atoms with Crippen LogP contribution in [0.25, 0.3) is 0 Å². The molecule has 0 spiro atoms. The molecule has 1 aliphatic rings. The third-order valence-electron chi connectivity index (χ3n) is 4.65. The summed E-state index contributed by atoms with van der Waals surface area (Å²) in [5, 5.41) is 13.5. The number of non-ortho nitro benzene ring substituents is 1. The van der Waals surface area contributed by atoms with Crippen molar-refractivity contribution in [3.05, 3.63) is 81.4 Å². The standard InChI is InChI=1S/C22H24ClN3O3/c1-15(2)29-21-10-7-19(8-11-21)25(24)22-12-9-20(26(27)28)14-17(22)13-16-3-5-18(23)6-4-16/h3,5-12,14-16H,4,13,24H2,1-2H3. The van der Waals surface area contributed by atoms with Gasteiger partial charge in [-0.3, -0.25) is 15.1 Å². The SMILES string of the molecule is CC(C)Oc1ccc(N(N)c2ccc([N+](=O)[O-])cc2CC2C=CC(Cl)=CC2)cc1. The molecule has 152 valence electrons. The van der Waals surface area contributed by atoms with Crippen LogP contribution >= 0.6 is 11.6 Å². The number of benzene rings is 2. The van der Waals surface area contributed by atoms with Gasteiger partial charge < -0.3 is 4.74 Å². The summed E-state index contributed by atoms with van der Waals surface area (Å²) in [7, 11) is 0. The summed E-state index contributed by atoms with van der Waals surface area (Å²) in [6.45, 7) is 3.93. The maximum atomic E-state index is 11.3. The fourth-order valence-corrected chi connectivity index (χ4v) is 3.41. The molecular weight excluding hydrogens is 390 g/mol. The molecule has 0 aromatic heterocycles. The van der Waals surface area contributed by atoms with Crippen LogP contribution < -0.4 is 15.6 Å². The van der Waals surface area contributed by atoms with E-state index in [0.29, 0.717) is 11.5 Å². The van der Waals surface area contributed by atoms with Crippen LogP contribution in [0.3, 0.4) is 0 Å². The molecule has 0 saturated carbocycles. The summed E-state index contributed by atoms with van der Waals surface area (Å²) in [6.07, 6.45) is 7.34. The summed E-state index contributed by atoms with van der Waals surface area (Å²) >= 11 is 6.00. The summed E-state index contributed by atoms with van der Waals surface area (Å²) in [5.74, 6) is 7.36. The molecule has 6 nitrogen and oxygen atoms in total. The number of allylic oxidation sites excluding steroid dienone is 4. The average Bonchev–Trinajstić information content (AvgIpc) is 2.69. The molecule has 1 atom stereocenters. The summed E-state index contributed by atoms with van der Waals surface area (Å²) in [4.78, 5) is 10.9. The van der Waals surface area contributed by atoms with Crippen molar-refractivity contribution in [1.82, 2.24) is 0 Å². The van der Waals surface area contributed by atoms with Crippen molar-refractivity contribution in [1.29, 1.82) is 0 Å². The molecule has 29 heavy (non-hydrogen) atoms. The van der Waals surface area contributed by atoms with Gasteiger partial charge in [-0.2, -0.15) is 0 Å². The first kappa shape index (κ1) is 20.9. The van der Waals surface area contributed by atoms with E-state index in [1.807, 2.05) is 56.3 Å². The Hall–Kier alpha value is -2.83. The van der Waals surface area contributed by atoms with E-state index in [9.17, 15) is 10.1 Å². The van der Waals surface area contributed by atoms with E-state index in [2.05, 4.69) is 0 Å². The fourth-order valence-electron chi connectivity index (χ4n) is 3.25. The lowest BCUT2D eigenvalue weighted by molar-refractivity contribution is -0.384. The number of anilines is 2. The van der Waals surface area contributed by atoms with E-state index < -0.39 is 0 Å². The molecule has 0 bridgehead atoms. The predicted octanol–water partition coefficient (Wildman–Crippen LogP) is 5.64. The highest BCUT2D eigenvalue weighted by molar-refractivity contribution is 6.31. The van der Waals surface area contributed by atoms with Crippen LogP contribution in [0.5, 0.6) is 5.75 Å². The molecule has 1 unspecified atom stereocenters. The van der Waals surface area contributed by atoms with E-state index in [4.69, 9.17) is 22.2 Å². The predicted molar refractivity (Wildman–Crippen MR) is 117 cm³/mol. The first-order chi connectivity index (χ1) is 13.8. The molecule has 0 aliphatic heterocycles. The topological polar surface area (TPSA) is 81.6 Å². The number of nitro groups is 1. The first-order valence-electron chi connectivity index (χ1n) is 9.46. The third kappa shape index (κ3) is 5.37. The van der Waals surface area contributed by atoms with Crippen LogP contribution in [0.15, 0.2) is 65.7 Å². The smallest absolute Gasteiger partial charge is 0.269 e. The molecular formula is C22H24ClN3O3. The van der Waals surface area contributed by atoms with Crippen molar-refractivity contribution in [3.63, 3.8) is 0 Å². The summed E-state index contributed by atoms with van der Waals surface area (Å²) in [5.41, 5.74) is 2.34. The van der Waals surface area contributed by atoms with Gasteiger partial charge in [0.2, 0.25) is 0 Å². The third-order valence-corrected chi connectivity index (χ3v) is 4.93. The number of ether oxygens (including phenoxy) is 1. The van der Waals surface area contributed by atoms with Crippen molar-refractivity contribution in [3.8, 4) is 5.75 Å². The highest BCUT2D eigenvalue weighted by Gasteiger charge is 2.19. The van der Waals surface area contributed by atoms with E-state index in [0.717, 1.165) is 29.1 Å². The molecule has 7 heteroatoms. The minimum absolute atomic E-state index is 0.0474. The molecule has 2 aromatic carbocycles. The maximum Gasteiger partial charge on any atom is 0.269 e. The molecule has 0 saturated heterocycles. The quantitative estimate of drug-likeness (QED) is 0.361. The van der Waals surface area contributed by atoms with Gasteiger partial charge in [0, 0.05) is 17.2 Å². The van der Waals surface area contributed by atoms with Gasteiger partial charge in [-0.05, 0) is 74.6 Å². The molecule has 0 heterocycles. The van der Waals surface area contributed by atoms with Crippen molar-refractivity contribution >= 4 is 28.7 Å². The van der Waals surface area contributed by atoms with E-state index >= 15 is 0 Å². The second-order valence-corrected chi connectivity index (χ2v) is 7.69. The van der Waals surface area contributed by atoms with Crippen molar-refractivity contribution in [2.45, 2.75) is 32.8 Å². The van der Waals surface area contributed by atoms with Crippen LogP contribution in [0.4, 0.5) is 17.1 Å². The minimum atomic E-state index is -0.389. The Morgan fingerprint density at radius 1 is 1.28 bits per heavy atom. The van der Waals surface area contributed by atoms with Gasteiger partial charge in [-0.1, -0.05) is 23.8 Å². The zero-order chi connectivity index (χ0) is 21.0. The monoisotopic (exact) mass is 413 g/mol. The highest BCUT2D eigenvalue weighted by atomic mass is 35.5. The Morgan fingerprint density at radius 2 is 2.00 bits per heavy atom. The zero-order valence-corrected chi connectivity index (χ0v) is 17.2. The molecule has 0 amide bonds. The van der Waals surface area contributed by atoms with Crippen molar-refractivity contribution in [2.24, 2.45) is 11.8 Å². The number of hydrogen-bond donors (Lipinski definition) is 1. The van der Waals surface area contributed by atoms with Crippen LogP contribution in [-0.2, 0) is 6.42 Å². The lowest BCUT2D eigenvalue weighted by Crippen LogP contribution is -2.26. The number of halogens is 1. The molecule has 0 fully saturated rings. The molecule has 2 aromatic rings. The second-order valence-electron chi connectivity index (χ2n) is 7.25. The highest BCUT2D eigenvalue weighted by Crippen LogP contribution is 2.33. The van der Waals surface area contributed by atoms with Crippen molar-refractivity contribution < 1.29 is 9.66 Å². The molecule has 3 rings (SSSR count). The lowest BCUT2D eigenvalue weighted by Gasteiger charge is -2.24. The Balaban J connectivity index is 1.88. The molecule has 1 aliphatic carbocycles. The van der Waals surface area contributed by atoms with E-state index in [1.165, 1.54) is 6.07 Å². The number of hydrazine groups is 1. The second kappa shape index (κ2) is 9.11. The summed E-state index contributed by atoms with van der Waals surface area (Å²) in [6, 6.07) is 12.2. The number of nitro benzene ring substituents is 1. The van der Waals surface area contributed by atoms with Gasteiger partial charge in [0.05, 0.1) is 22.4 Å². The van der Waals surface area contributed by atoms with Gasteiger partial charge in [-0.15, -0.1) is 0 Å². The van der Waals surface area contributed by atoms with Gasteiger partial charge >= 0.3 is 0 Å². The van der Waals surface area contributed by atoms with Crippen molar-refractivity contribution in [2.75, 3.05) is 5.01 Å². The molecule has 2 N–H and O–H groups in total. The van der Waals surface area contributed by atoms with E-state index in [-0.39, 0.29) is 22.6 Å². The number of rotatable bonds is 7. The Labute approximate surface area is 175 Å². The zero-order valence-electron chi connectivity index (χ0n) is 16.4. The Kier molecular flexibility index (Phi) is 6.56. The summed E-state index contributed by atoms with van der Waals surface area (Å²) < 4.78 is 5.67. The van der Waals surface area contributed by atoms with Crippen LogP contribution in [0.1, 0.15) is 25.8 Å². The van der Waals surface area contributed by atoms with Gasteiger partial charge in [0.25, 0.3) is 5.69 Å². The van der Waals surface area contributed by atoms with Crippen LogP contribution in [0.2, 0.25) is 0 Å². The number of hydrogen-bond acceptors (Lipinski definition) is 5. The fraction of sp³-hybridized carbons (Fsp3) is 0.273. The largest absolute Gasteiger partial charge is 0.491 e. The minimum Gasteiger partial charge on any atom is -0.491 e. The van der Waals surface area contributed by atoms with Gasteiger partial charge in [0.15, 0.2) is 0 Å². The van der Waals surface area contributed by atoms with Gasteiger partial charge in [-0.25, -0.2) is 5.84 Å². The number of nitrogens with two attached hydrogens (primary N) is 1. The normalized spacial score (nSPS) is 15.9. The maximum absolute atomic E-state index is 11.3. The Morgan fingerprint density at radius 3 is 2.59 bits per heavy atom. The van der Waals surface area contributed by atoms with Crippen LogP contribution in [-0.4, -0.2) is 11.0 Å².